The van der Waals surface area contributed by atoms with Crippen LogP contribution in [0.15, 0.2) is 41.4 Å². The minimum absolute atomic E-state index is 0.328. The largest absolute Gasteiger partial charge is 0.486 e. The minimum atomic E-state index is -0.328. The first kappa shape index (κ1) is 15.2. The van der Waals surface area contributed by atoms with Crippen LogP contribution in [0.5, 0.6) is 11.5 Å². The normalized spacial score (nSPS) is 14.2. The lowest BCUT2D eigenvalue weighted by Crippen LogP contribution is -2.16. The number of ether oxygens (including phenoxy) is 2. The Hall–Kier alpha value is -2.31. The summed E-state index contributed by atoms with van der Waals surface area (Å²) in [7, 11) is 1.85. The summed E-state index contributed by atoms with van der Waals surface area (Å²) in [5.74, 6) is 0.897. The summed E-state index contributed by atoms with van der Waals surface area (Å²) in [5.41, 5.74) is 1.33. The van der Waals surface area contributed by atoms with E-state index in [1.165, 1.54) is 11.3 Å². The molecule has 0 saturated heterocycles. The van der Waals surface area contributed by atoms with Gasteiger partial charge in [-0.05, 0) is 30.3 Å². The van der Waals surface area contributed by atoms with Gasteiger partial charge in [0.2, 0.25) is 0 Å². The standard InChI is InChI=1S/C17H13ClN2O3S/c1-20-15-11(18)3-2-4-14(15)24-17(20)19-16(21)10-5-6-12-13(9-10)23-8-7-22-12/h2-6,9H,7-8H2,1H3. The number of halogens is 1. The Morgan fingerprint density at radius 1 is 1.21 bits per heavy atom. The second-order valence-electron chi connectivity index (χ2n) is 5.31. The van der Waals surface area contributed by atoms with Crippen LogP contribution < -0.4 is 14.3 Å². The number of carbonyl (C=O) groups excluding carboxylic acids is 1. The lowest BCUT2D eigenvalue weighted by Gasteiger charge is -2.18. The van der Waals surface area contributed by atoms with E-state index >= 15 is 0 Å². The molecular weight excluding hydrogens is 348 g/mol. The molecule has 122 valence electrons. The molecule has 0 bridgehead atoms. The predicted octanol–water partition coefficient (Wildman–Crippen LogP) is 3.41. The van der Waals surface area contributed by atoms with E-state index in [0.717, 1.165) is 10.2 Å². The SMILES string of the molecule is Cn1c(=NC(=O)c2ccc3c(c2)OCCO3)sc2cccc(Cl)c21. The van der Waals surface area contributed by atoms with E-state index in [2.05, 4.69) is 4.99 Å². The summed E-state index contributed by atoms with van der Waals surface area (Å²) in [6.45, 7) is 0.995. The van der Waals surface area contributed by atoms with Gasteiger partial charge in [0.25, 0.3) is 5.91 Å². The lowest BCUT2D eigenvalue weighted by molar-refractivity contribution is 0.0996. The highest BCUT2D eigenvalue weighted by molar-refractivity contribution is 7.16. The molecule has 0 unspecified atom stereocenters. The van der Waals surface area contributed by atoms with Gasteiger partial charge in [0, 0.05) is 12.6 Å². The Kier molecular flexibility index (Phi) is 3.78. The van der Waals surface area contributed by atoms with Crippen LogP contribution in [0.25, 0.3) is 10.2 Å². The molecule has 3 aromatic rings. The molecule has 0 spiro atoms. The van der Waals surface area contributed by atoms with Crippen molar-refractivity contribution >= 4 is 39.1 Å². The summed E-state index contributed by atoms with van der Waals surface area (Å²) in [5, 5.41) is 0.638. The number of carbonyl (C=O) groups is 1. The number of para-hydroxylation sites is 1. The fraction of sp³-hybridized carbons (Fsp3) is 0.176. The molecule has 4 rings (SSSR count). The molecule has 5 nitrogen and oxygen atoms in total. The molecule has 2 aromatic carbocycles. The zero-order valence-electron chi connectivity index (χ0n) is 12.8. The highest BCUT2D eigenvalue weighted by atomic mass is 35.5. The molecule has 0 aliphatic carbocycles. The summed E-state index contributed by atoms with van der Waals surface area (Å²) in [4.78, 5) is 17.4. The minimum Gasteiger partial charge on any atom is -0.486 e. The molecule has 0 atom stereocenters. The third-order valence-corrected chi connectivity index (χ3v) is 5.16. The molecule has 0 N–H and O–H groups in total. The smallest absolute Gasteiger partial charge is 0.279 e. The monoisotopic (exact) mass is 360 g/mol. The average molecular weight is 361 g/mol. The fourth-order valence-electron chi connectivity index (χ4n) is 2.59. The van der Waals surface area contributed by atoms with Crippen molar-refractivity contribution in [2.24, 2.45) is 12.0 Å². The number of aryl methyl sites for hydroxylation is 1. The highest BCUT2D eigenvalue weighted by Crippen LogP contribution is 2.31. The van der Waals surface area contributed by atoms with E-state index in [9.17, 15) is 4.79 Å². The second kappa shape index (κ2) is 5.96. The number of aromatic nitrogens is 1. The number of rotatable bonds is 1. The highest BCUT2D eigenvalue weighted by Gasteiger charge is 2.15. The number of amides is 1. The number of nitrogens with zero attached hydrogens (tertiary/aromatic N) is 2. The molecule has 7 heteroatoms. The Morgan fingerprint density at radius 2 is 2.00 bits per heavy atom. The van der Waals surface area contributed by atoms with Gasteiger partial charge in [0.1, 0.15) is 13.2 Å². The molecule has 24 heavy (non-hydrogen) atoms. The van der Waals surface area contributed by atoms with Crippen molar-refractivity contribution in [1.82, 2.24) is 4.57 Å². The van der Waals surface area contributed by atoms with Crippen molar-refractivity contribution in [2.75, 3.05) is 13.2 Å². The number of fused-ring (bicyclic) bond motifs is 2. The van der Waals surface area contributed by atoms with Gasteiger partial charge in [-0.2, -0.15) is 4.99 Å². The predicted molar refractivity (Wildman–Crippen MR) is 93.1 cm³/mol. The van der Waals surface area contributed by atoms with Gasteiger partial charge >= 0.3 is 0 Å². The molecular formula is C17H13ClN2O3S. The molecule has 1 aliphatic heterocycles. The molecule has 0 fully saturated rings. The topological polar surface area (TPSA) is 52.8 Å². The summed E-state index contributed by atoms with van der Waals surface area (Å²) < 4.78 is 13.8. The van der Waals surface area contributed by atoms with E-state index < -0.39 is 0 Å². The van der Waals surface area contributed by atoms with Gasteiger partial charge in [0.05, 0.1) is 15.2 Å². The van der Waals surface area contributed by atoms with Gasteiger partial charge < -0.3 is 14.0 Å². The molecule has 0 radical (unpaired) electrons. The Morgan fingerprint density at radius 3 is 2.79 bits per heavy atom. The molecule has 1 aromatic heterocycles. The molecule has 1 aliphatic rings. The number of thiazole rings is 1. The summed E-state index contributed by atoms with van der Waals surface area (Å²) in [6, 6.07) is 10.8. The maximum absolute atomic E-state index is 12.5. The third-order valence-electron chi connectivity index (χ3n) is 3.76. The first-order chi connectivity index (χ1) is 11.6. The van der Waals surface area contributed by atoms with Gasteiger partial charge in [-0.15, -0.1) is 0 Å². The number of hydrogen-bond acceptors (Lipinski definition) is 4. The van der Waals surface area contributed by atoms with Crippen molar-refractivity contribution in [3.63, 3.8) is 0 Å². The van der Waals surface area contributed by atoms with Crippen LogP contribution in [0.2, 0.25) is 5.02 Å². The zero-order chi connectivity index (χ0) is 16.7. The summed E-state index contributed by atoms with van der Waals surface area (Å²) in [6.07, 6.45) is 0. The van der Waals surface area contributed by atoms with E-state index in [-0.39, 0.29) is 5.91 Å². The zero-order valence-corrected chi connectivity index (χ0v) is 14.4. The third kappa shape index (κ3) is 2.57. The first-order valence-corrected chi connectivity index (χ1v) is 8.56. The van der Waals surface area contributed by atoms with Crippen LogP contribution in [0.1, 0.15) is 10.4 Å². The van der Waals surface area contributed by atoms with Crippen molar-refractivity contribution in [1.29, 1.82) is 0 Å². The van der Waals surface area contributed by atoms with E-state index in [4.69, 9.17) is 21.1 Å². The van der Waals surface area contributed by atoms with Crippen molar-refractivity contribution in [2.45, 2.75) is 0 Å². The van der Waals surface area contributed by atoms with Crippen LogP contribution in [0.4, 0.5) is 0 Å². The molecule has 1 amide bonds. The summed E-state index contributed by atoms with van der Waals surface area (Å²) >= 11 is 7.66. The van der Waals surface area contributed by atoms with Gasteiger partial charge in [0.15, 0.2) is 16.3 Å². The number of hydrogen-bond donors (Lipinski definition) is 0. The van der Waals surface area contributed by atoms with Gasteiger partial charge in [-0.25, -0.2) is 0 Å². The van der Waals surface area contributed by atoms with Crippen LogP contribution in [-0.2, 0) is 7.05 Å². The molecule has 0 saturated carbocycles. The van der Waals surface area contributed by atoms with Crippen LogP contribution >= 0.6 is 22.9 Å². The van der Waals surface area contributed by atoms with Crippen LogP contribution in [0.3, 0.4) is 0 Å². The Bertz CT molecular complexity index is 1020. The van der Waals surface area contributed by atoms with Crippen molar-refractivity contribution < 1.29 is 14.3 Å². The fourth-order valence-corrected chi connectivity index (χ4v) is 3.99. The van der Waals surface area contributed by atoms with Crippen molar-refractivity contribution in [3.05, 3.63) is 51.8 Å². The van der Waals surface area contributed by atoms with E-state index in [1.807, 2.05) is 29.8 Å². The number of benzene rings is 2. The maximum Gasteiger partial charge on any atom is 0.279 e. The van der Waals surface area contributed by atoms with Crippen molar-refractivity contribution in [3.8, 4) is 11.5 Å². The van der Waals surface area contributed by atoms with E-state index in [0.29, 0.717) is 40.1 Å². The van der Waals surface area contributed by atoms with Gasteiger partial charge in [-0.3, -0.25) is 4.79 Å². The second-order valence-corrected chi connectivity index (χ2v) is 6.72. The van der Waals surface area contributed by atoms with Crippen LogP contribution in [0, 0.1) is 0 Å². The quantitative estimate of drug-likeness (QED) is 0.668. The average Bonchev–Trinajstić information content (AvgIpc) is 2.91. The van der Waals surface area contributed by atoms with Crippen LogP contribution in [-0.4, -0.2) is 23.7 Å². The molecule has 2 heterocycles. The van der Waals surface area contributed by atoms with Gasteiger partial charge in [-0.1, -0.05) is 29.0 Å². The first-order valence-electron chi connectivity index (χ1n) is 7.36. The lowest BCUT2D eigenvalue weighted by atomic mass is 10.2. The van der Waals surface area contributed by atoms with E-state index in [1.54, 1.807) is 18.2 Å². The Balaban J connectivity index is 1.77. The Labute approximate surface area is 146 Å². The maximum atomic E-state index is 12.5.